The van der Waals surface area contributed by atoms with Crippen LogP contribution in [0.25, 0.3) is 0 Å². The zero-order valence-electron chi connectivity index (χ0n) is 8.33. The number of hydrogen-bond acceptors (Lipinski definition) is 4. The van der Waals surface area contributed by atoms with Gasteiger partial charge in [-0.2, -0.15) is 5.26 Å². The number of carbonyl (C=O) groups excluding carboxylic acids is 1. The summed E-state index contributed by atoms with van der Waals surface area (Å²) in [6, 6.07) is 1.25. The van der Waals surface area contributed by atoms with Gasteiger partial charge in [-0.25, -0.2) is 13.8 Å². The fraction of sp³-hybridized carbons (Fsp3) is 0.222. The maximum Gasteiger partial charge on any atom is 0.573 e. The van der Waals surface area contributed by atoms with E-state index in [1.807, 2.05) is 0 Å². The summed E-state index contributed by atoms with van der Waals surface area (Å²) >= 11 is 0. The Bertz CT molecular complexity index is 507. The molecule has 0 aliphatic heterocycles. The van der Waals surface area contributed by atoms with E-state index in [0.29, 0.717) is 6.20 Å². The highest BCUT2D eigenvalue weighted by atomic mass is 19.4. The minimum absolute atomic E-state index is 0.245. The quantitative estimate of drug-likeness (QED) is 0.623. The first kappa shape index (κ1) is 13.8. The predicted molar refractivity (Wildman–Crippen MR) is 46.0 cm³/mol. The minimum atomic E-state index is -5.16. The Balaban J connectivity index is 3.44. The summed E-state index contributed by atoms with van der Waals surface area (Å²) in [5, 5.41) is 8.49. The lowest BCUT2D eigenvalue weighted by atomic mass is 10.1. The number of carbonyl (C=O) groups is 1. The van der Waals surface area contributed by atoms with Crippen molar-refractivity contribution in [3.63, 3.8) is 0 Å². The van der Waals surface area contributed by atoms with Crippen LogP contribution in [0.2, 0.25) is 0 Å². The number of ether oxygens (including phenoxy) is 1. The van der Waals surface area contributed by atoms with Gasteiger partial charge in [0.1, 0.15) is 11.8 Å². The summed E-state index contributed by atoms with van der Waals surface area (Å²) in [5.41, 5.74) is -3.07. The number of hydrogen-bond donors (Lipinski definition) is 0. The van der Waals surface area contributed by atoms with Crippen molar-refractivity contribution in [3.05, 3.63) is 23.0 Å². The van der Waals surface area contributed by atoms with E-state index in [-0.39, 0.29) is 6.29 Å². The Morgan fingerprint density at radius 3 is 2.44 bits per heavy atom. The van der Waals surface area contributed by atoms with Crippen LogP contribution in [0.4, 0.5) is 22.0 Å². The van der Waals surface area contributed by atoms with Gasteiger partial charge < -0.3 is 4.74 Å². The van der Waals surface area contributed by atoms with Crippen molar-refractivity contribution in [2.24, 2.45) is 0 Å². The Hall–Kier alpha value is -2.24. The van der Waals surface area contributed by atoms with Gasteiger partial charge in [-0.1, -0.05) is 0 Å². The topological polar surface area (TPSA) is 63.0 Å². The molecule has 0 aromatic carbocycles. The molecule has 0 N–H and O–H groups in total. The van der Waals surface area contributed by atoms with E-state index in [4.69, 9.17) is 5.26 Å². The van der Waals surface area contributed by atoms with Gasteiger partial charge in [-0.15, -0.1) is 13.2 Å². The fourth-order valence-corrected chi connectivity index (χ4v) is 1.16. The smallest absolute Gasteiger partial charge is 0.403 e. The monoisotopic (exact) mass is 266 g/mol. The van der Waals surface area contributed by atoms with Crippen LogP contribution < -0.4 is 4.74 Å². The van der Waals surface area contributed by atoms with Gasteiger partial charge in [-0.3, -0.25) is 4.79 Å². The SMILES string of the molecule is N#Cc1ncc(OC(F)(F)F)c(C=O)c1C(F)F. The molecule has 0 radical (unpaired) electrons. The average Bonchev–Trinajstić information content (AvgIpc) is 2.26. The van der Waals surface area contributed by atoms with Crippen LogP contribution >= 0.6 is 0 Å². The van der Waals surface area contributed by atoms with Crippen molar-refractivity contribution >= 4 is 6.29 Å². The normalized spacial score (nSPS) is 11.2. The summed E-state index contributed by atoms with van der Waals surface area (Å²) in [6.45, 7) is 0. The molecule has 9 heteroatoms. The number of aldehydes is 1. The fourth-order valence-electron chi connectivity index (χ4n) is 1.16. The molecule has 0 unspecified atom stereocenters. The van der Waals surface area contributed by atoms with Crippen LogP contribution in [0, 0.1) is 11.3 Å². The van der Waals surface area contributed by atoms with E-state index >= 15 is 0 Å². The third-order valence-corrected chi connectivity index (χ3v) is 1.79. The third-order valence-electron chi connectivity index (χ3n) is 1.79. The van der Waals surface area contributed by atoms with E-state index in [1.165, 1.54) is 6.07 Å². The molecular formula is C9H3F5N2O2. The Labute approximate surface area is 96.6 Å². The van der Waals surface area contributed by atoms with E-state index in [1.54, 1.807) is 0 Å². The zero-order valence-corrected chi connectivity index (χ0v) is 8.33. The number of aromatic nitrogens is 1. The largest absolute Gasteiger partial charge is 0.573 e. The van der Waals surface area contributed by atoms with Crippen LogP contribution in [-0.2, 0) is 0 Å². The highest BCUT2D eigenvalue weighted by Crippen LogP contribution is 2.32. The van der Waals surface area contributed by atoms with Crippen LogP contribution in [0.5, 0.6) is 5.75 Å². The summed E-state index contributed by atoms with van der Waals surface area (Å²) in [5.74, 6) is -1.17. The lowest BCUT2D eigenvalue weighted by Gasteiger charge is -2.13. The van der Waals surface area contributed by atoms with E-state index in [0.717, 1.165) is 0 Å². The lowest BCUT2D eigenvalue weighted by Crippen LogP contribution is -2.19. The number of pyridine rings is 1. The van der Waals surface area contributed by atoms with Gasteiger partial charge >= 0.3 is 6.36 Å². The summed E-state index contributed by atoms with van der Waals surface area (Å²) < 4.78 is 64.4. The van der Waals surface area contributed by atoms with Crippen molar-refractivity contribution in [1.29, 1.82) is 5.26 Å². The molecule has 0 bridgehead atoms. The molecule has 1 aromatic heterocycles. The molecule has 0 aliphatic carbocycles. The van der Waals surface area contributed by atoms with E-state index in [9.17, 15) is 26.7 Å². The maximum absolute atomic E-state index is 12.6. The van der Waals surface area contributed by atoms with E-state index < -0.39 is 35.4 Å². The van der Waals surface area contributed by atoms with Crippen molar-refractivity contribution in [2.75, 3.05) is 0 Å². The minimum Gasteiger partial charge on any atom is -0.403 e. The van der Waals surface area contributed by atoms with Crippen LogP contribution in [0.3, 0.4) is 0 Å². The van der Waals surface area contributed by atoms with Crippen LogP contribution in [-0.4, -0.2) is 17.6 Å². The summed E-state index contributed by atoms with van der Waals surface area (Å²) in [4.78, 5) is 13.7. The second-order valence-corrected chi connectivity index (χ2v) is 2.88. The predicted octanol–water partition coefficient (Wildman–Crippen LogP) is 2.60. The summed E-state index contributed by atoms with van der Waals surface area (Å²) in [7, 11) is 0. The number of rotatable bonds is 3. The number of nitriles is 1. The molecule has 0 spiro atoms. The first-order valence-electron chi connectivity index (χ1n) is 4.22. The molecule has 1 heterocycles. The lowest BCUT2D eigenvalue weighted by molar-refractivity contribution is -0.274. The van der Waals surface area contributed by atoms with Crippen molar-refractivity contribution in [2.45, 2.75) is 12.8 Å². The molecule has 1 rings (SSSR count). The number of alkyl halides is 5. The zero-order chi connectivity index (χ0) is 13.9. The average molecular weight is 266 g/mol. The standard InChI is InChI=1S/C9H3F5N2O2/c10-8(11)7-4(3-17)6(18-9(12,13)14)2-16-5(7)1-15/h2-3,8H. The molecule has 0 aliphatic rings. The number of halogens is 5. The highest BCUT2D eigenvalue weighted by Gasteiger charge is 2.34. The molecule has 0 fully saturated rings. The highest BCUT2D eigenvalue weighted by molar-refractivity contribution is 5.82. The second-order valence-electron chi connectivity index (χ2n) is 2.88. The van der Waals surface area contributed by atoms with Gasteiger partial charge in [0.25, 0.3) is 6.43 Å². The molecule has 1 aromatic rings. The molecular weight excluding hydrogens is 263 g/mol. The Morgan fingerprint density at radius 1 is 1.44 bits per heavy atom. The van der Waals surface area contributed by atoms with Gasteiger partial charge in [0.15, 0.2) is 12.0 Å². The van der Waals surface area contributed by atoms with Gasteiger partial charge in [-0.05, 0) is 0 Å². The first-order chi connectivity index (χ1) is 8.30. The molecule has 4 nitrogen and oxygen atoms in total. The van der Waals surface area contributed by atoms with Crippen molar-refractivity contribution in [1.82, 2.24) is 4.98 Å². The third kappa shape index (κ3) is 2.91. The van der Waals surface area contributed by atoms with E-state index in [2.05, 4.69) is 9.72 Å². The second kappa shape index (κ2) is 4.95. The maximum atomic E-state index is 12.6. The van der Waals surface area contributed by atoms with Gasteiger partial charge in [0.05, 0.1) is 17.3 Å². The van der Waals surface area contributed by atoms with Gasteiger partial charge in [0.2, 0.25) is 0 Å². The molecule has 0 saturated heterocycles. The molecule has 0 atom stereocenters. The first-order valence-corrected chi connectivity index (χ1v) is 4.22. The van der Waals surface area contributed by atoms with Gasteiger partial charge in [0, 0.05) is 0 Å². The van der Waals surface area contributed by atoms with Crippen LogP contribution in [0.15, 0.2) is 6.20 Å². The van der Waals surface area contributed by atoms with Crippen LogP contribution in [0.1, 0.15) is 28.0 Å². The molecule has 18 heavy (non-hydrogen) atoms. The molecule has 0 amide bonds. The van der Waals surface area contributed by atoms with Crippen molar-refractivity contribution in [3.8, 4) is 11.8 Å². The molecule has 0 saturated carbocycles. The summed E-state index contributed by atoms with van der Waals surface area (Å²) in [6.07, 6.45) is -8.34. The Morgan fingerprint density at radius 2 is 2.06 bits per heavy atom. The Kier molecular flexibility index (Phi) is 3.80. The number of nitrogens with zero attached hydrogens (tertiary/aromatic N) is 2. The van der Waals surface area contributed by atoms with Crippen molar-refractivity contribution < 1.29 is 31.5 Å². The molecule has 96 valence electrons.